The van der Waals surface area contributed by atoms with Gasteiger partial charge in [0.1, 0.15) is 5.82 Å². The van der Waals surface area contributed by atoms with Gasteiger partial charge in [-0.05, 0) is 35.4 Å². The van der Waals surface area contributed by atoms with Crippen molar-refractivity contribution in [1.29, 1.82) is 0 Å². The molecule has 0 spiro atoms. The molecule has 0 unspecified atom stereocenters. The lowest BCUT2D eigenvalue weighted by Gasteiger charge is -2.09. The maximum absolute atomic E-state index is 13.7. The number of halogens is 1. The molecule has 0 saturated heterocycles. The molecule has 4 heteroatoms. The monoisotopic (exact) mass is 306 g/mol. The van der Waals surface area contributed by atoms with Crippen molar-refractivity contribution in [3.05, 3.63) is 84.2 Å². The summed E-state index contributed by atoms with van der Waals surface area (Å²) < 4.78 is 13.7. The summed E-state index contributed by atoms with van der Waals surface area (Å²) in [5, 5.41) is 2.66. The van der Waals surface area contributed by atoms with E-state index in [1.54, 1.807) is 12.1 Å². The summed E-state index contributed by atoms with van der Waals surface area (Å²) in [7, 11) is 0. The summed E-state index contributed by atoms with van der Waals surface area (Å²) in [6, 6.07) is 21.4. The number of benzene rings is 3. The minimum Gasteiger partial charge on any atom is -0.398 e. The highest BCUT2D eigenvalue weighted by Crippen LogP contribution is 2.22. The Bertz CT molecular complexity index is 809. The number of nitrogen functional groups attached to an aromatic ring is 1. The minimum atomic E-state index is -0.636. The van der Waals surface area contributed by atoms with Crippen molar-refractivity contribution in [2.75, 3.05) is 11.1 Å². The molecule has 3 rings (SSSR count). The highest BCUT2D eigenvalue weighted by atomic mass is 19.1. The van der Waals surface area contributed by atoms with E-state index in [0.717, 1.165) is 11.1 Å². The molecule has 0 atom stereocenters. The molecule has 3 aromatic rings. The number of nitrogens with one attached hydrogen (secondary N) is 1. The van der Waals surface area contributed by atoms with Crippen LogP contribution in [0.3, 0.4) is 0 Å². The lowest BCUT2D eigenvalue weighted by atomic mass is 10.1. The van der Waals surface area contributed by atoms with Gasteiger partial charge in [-0.15, -0.1) is 0 Å². The summed E-state index contributed by atoms with van der Waals surface area (Å²) in [6.45, 7) is 0. The van der Waals surface area contributed by atoms with E-state index in [4.69, 9.17) is 5.73 Å². The predicted molar refractivity (Wildman–Crippen MR) is 90.6 cm³/mol. The summed E-state index contributed by atoms with van der Waals surface area (Å²) in [6.07, 6.45) is 0. The van der Waals surface area contributed by atoms with E-state index in [1.807, 2.05) is 42.5 Å². The lowest BCUT2D eigenvalue weighted by Crippen LogP contribution is -2.15. The van der Waals surface area contributed by atoms with Crippen LogP contribution >= 0.6 is 0 Å². The number of carbonyl (C=O) groups is 1. The van der Waals surface area contributed by atoms with Gasteiger partial charge in [0.2, 0.25) is 0 Å². The third-order valence-corrected chi connectivity index (χ3v) is 3.52. The molecular weight excluding hydrogens is 291 g/mol. The first-order chi connectivity index (χ1) is 11.1. The molecule has 23 heavy (non-hydrogen) atoms. The van der Waals surface area contributed by atoms with E-state index in [2.05, 4.69) is 5.32 Å². The van der Waals surface area contributed by atoms with Gasteiger partial charge in [0.25, 0.3) is 5.91 Å². The van der Waals surface area contributed by atoms with Crippen molar-refractivity contribution in [1.82, 2.24) is 0 Å². The molecule has 0 radical (unpaired) electrons. The van der Waals surface area contributed by atoms with Crippen molar-refractivity contribution in [3.63, 3.8) is 0 Å². The Morgan fingerprint density at radius 2 is 1.48 bits per heavy atom. The molecule has 0 aliphatic carbocycles. The zero-order valence-corrected chi connectivity index (χ0v) is 12.3. The van der Waals surface area contributed by atoms with E-state index in [0.29, 0.717) is 5.69 Å². The van der Waals surface area contributed by atoms with Gasteiger partial charge in [0.05, 0.1) is 5.56 Å². The SMILES string of the molecule is Nc1cccc(F)c1C(=O)Nc1ccc(-c2ccccc2)cc1. The van der Waals surface area contributed by atoms with Gasteiger partial charge in [-0.2, -0.15) is 0 Å². The largest absolute Gasteiger partial charge is 0.398 e. The van der Waals surface area contributed by atoms with Crippen LogP contribution in [0.1, 0.15) is 10.4 Å². The number of rotatable bonds is 3. The average Bonchev–Trinajstić information content (AvgIpc) is 2.56. The molecule has 0 bridgehead atoms. The fourth-order valence-electron chi connectivity index (χ4n) is 2.35. The van der Waals surface area contributed by atoms with Gasteiger partial charge < -0.3 is 11.1 Å². The zero-order chi connectivity index (χ0) is 16.2. The fraction of sp³-hybridized carbons (Fsp3) is 0. The smallest absolute Gasteiger partial charge is 0.260 e. The number of hydrogen-bond acceptors (Lipinski definition) is 2. The second kappa shape index (κ2) is 6.32. The Morgan fingerprint density at radius 1 is 0.826 bits per heavy atom. The summed E-state index contributed by atoms with van der Waals surface area (Å²) in [5.74, 6) is -1.20. The summed E-state index contributed by atoms with van der Waals surface area (Å²) in [4.78, 5) is 12.2. The third-order valence-electron chi connectivity index (χ3n) is 3.52. The molecular formula is C19H15FN2O. The molecule has 0 fully saturated rings. The van der Waals surface area contributed by atoms with E-state index in [1.165, 1.54) is 18.2 Å². The van der Waals surface area contributed by atoms with Crippen molar-refractivity contribution < 1.29 is 9.18 Å². The Morgan fingerprint density at radius 3 is 2.13 bits per heavy atom. The van der Waals surface area contributed by atoms with Crippen LogP contribution in [0.2, 0.25) is 0 Å². The van der Waals surface area contributed by atoms with Crippen molar-refractivity contribution >= 4 is 17.3 Å². The van der Waals surface area contributed by atoms with E-state index in [9.17, 15) is 9.18 Å². The Labute approximate surface area is 133 Å². The molecule has 0 aliphatic heterocycles. The molecule has 0 saturated carbocycles. The molecule has 0 aromatic heterocycles. The molecule has 0 aliphatic rings. The van der Waals surface area contributed by atoms with Gasteiger partial charge >= 0.3 is 0 Å². The number of carbonyl (C=O) groups excluding carboxylic acids is 1. The van der Waals surface area contributed by atoms with Gasteiger partial charge in [0.15, 0.2) is 0 Å². The predicted octanol–water partition coefficient (Wildman–Crippen LogP) is 4.33. The third kappa shape index (κ3) is 3.21. The lowest BCUT2D eigenvalue weighted by molar-refractivity contribution is 0.102. The molecule has 0 heterocycles. The molecule has 3 nitrogen and oxygen atoms in total. The van der Waals surface area contributed by atoms with Crippen LogP contribution in [-0.4, -0.2) is 5.91 Å². The van der Waals surface area contributed by atoms with Crippen LogP contribution in [0.25, 0.3) is 11.1 Å². The van der Waals surface area contributed by atoms with Gasteiger partial charge in [-0.25, -0.2) is 4.39 Å². The Kier molecular flexibility index (Phi) is 4.06. The zero-order valence-electron chi connectivity index (χ0n) is 12.3. The molecule has 1 amide bonds. The Balaban J connectivity index is 1.80. The topological polar surface area (TPSA) is 55.1 Å². The maximum atomic E-state index is 13.7. The highest BCUT2D eigenvalue weighted by molar-refractivity contribution is 6.08. The molecule has 3 N–H and O–H groups in total. The second-order valence-electron chi connectivity index (χ2n) is 5.10. The number of nitrogens with two attached hydrogens (primary N) is 1. The van der Waals surface area contributed by atoms with E-state index in [-0.39, 0.29) is 11.3 Å². The van der Waals surface area contributed by atoms with Crippen LogP contribution in [0.5, 0.6) is 0 Å². The van der Waals surface area contributed by atoms with Gasteiger partial charge in [0, 0.05) is 11.4 Å². The minimum absolute atomic E-state index is 0.114. The first-order valence-electron chi connectivity index (χ1n) is 7.16. The van der Waals surface area contributed by atoms with Gasteiger partial charge in [-0.1, -0.05) is 48.5 Å². The first kappa shape index (κ1) is 14.8. The summed E-state index contributed by atoms with van der Waals surface area (Å²) in [5.41, 5.74) is 8.35. The van der Waals surface area contributed by atoms with E-state index < -0.39 is 11.7 Å². The highest BCUT2D eigenvalue weighted by Gasteiger charge is 2.15. The number of amides is 1. The average molecular weight is 306 g/mol. The standard InChI is InChI=1S/C19H15FN2O/c20-16-7-4-8-17(21)18(16)19(23)22-15-11-9-14(10-12-15)13-5-2-1-3-6-13/h1-12H,21H2,(H,22,23). The quantitative estimate of drug-likeness (QED) is 0.708. The van der Waals surface area contributed by atoms with Crippen molar-refractivity contribution in [3.8, 4) is 11.1 Å². The normalized spacial score (nSPS) is 10.3. The van der Waals surface area contributed by atoms with Crippen LogP contribution in [-0.2, 0) is 0 Å². The van der Waals surface area contributed by atoms with Gasteiger partial charge in [-0.3, -0.25) is 4.79 Å². The maximum Gasteiger partial charge on any atom is 0.260 e. The fourth-order valence-corrected chi connectivity index (χ4v) is 2.35. The molecule has 3 aromatic carbocycles. The van der Waals surface area contributed by atoms with Crippen LogP contribution in [0.15, 0.2) is 72.8 Å². The van der Waals surface area contributed by atoms with Crippen molar-refractivity contribution in [2.24, 2.45) is 0 Å². The summed E-state index contributed by atoms with van der Waals surface area (Å²) >= 11 is 0. The number of anilines is 2. The Hall–Kier alpha value is -3.14. The second-order valence-corrected chi connectivity index (χ2v) is 5.10. The first-order valence-corrected chi connectivity index (χ1v) is 7.16. The molecule has 114 valence electrons. The van der Waals surface area contributed by atoms with Crippen LogP contribution in [0, 0.1) is 5.82 Å². The van der Waals surface area contributed by atoms with E-state index >= 15 is 0 Å². The number of hydrogen-bond donors (Lipinski definition) is 2. The van der Waals surface area contributed by atoms with Crippen LogP contribution in [0.4, 0.5) is 15.8 Å². The van der Waals surface area contributed by atoms with Crippen molar-refractivity contribution in [2.45, 2.75) is 0 Å². The van der Waals surface area contributed by atoms with Crippen LogP contribution < -0.4 is 11.1 Å².